The number of likely N-dealkylation sites (N-methyl/N-ethyl adjacent to an activating group) is 1. The van der Waals surface area contributed by atoms with Crippen molar-refractivity contribution in [2.75, 3.05) is 20.2 Å². The smallest absolute Gasteiger partial charge is 0.243 e. The minimum atomic E-state index is -0.839. The highest BCUT2D eigenvalue weighted by atomic mass is 16.5. The van der Waals surface area contributed by atoms with Crippen molar-refractivity contribution in [1.82, 2.24) is 15.5 Å². The molecule has 1 aliphatic carbocycles. The molecule has 0 aromatic heterocycles. The first-order valence-electron chi connectivity index (χ1n) is 15.6. The number of β-amino-alcohol motifs (C(OH)–C–C–N with tert-alkyl or cyclic N) is 1. The van der Waals surface area contributed by atoms with E-state index in [1.807, 2.05) is 49.4 Å². The van der Waals surface area contributed by atoms with Crippen LogP contribution in [-0.4, -0.2) is 60.2 Å². The Balaban J connectivity index is 1.63. The van der Waals surface area contributed by atoms with Gasteiger partial charge >= 0.3 is 0 Å². The monoisotopic (exact) mass is 575 g/mol. The van der Waals surface area contributed by atoms with Crippen LogP contribution in [0.15, 0.2) is 54.6 Å². The van der Waals surface area contributed by atoms with Crippen molar-refractivity contribution in [2.45, 2.75) is 96.6 Å². The number of rotatable bonds is 7. The molecule has 0 unspecified atom stereocenters. The molecule has 1 heterocycles. The SMILES string of the molecule is CCCC[C@H](C)C(=O)N(C)[C@H]1C/C=C/CO[C@H]2C[C@@H](NC[C@@H](O)[C@H](Cc3ccccc3)NC1=O)c1cc(C)cc(C)c12. The Kier molecular flexibility index (Phi) is 11.4. The van der Waals surface area contributed by atoms with Crippen LogP contribution in [0.3, 0.4) is 0 Å². The fourth-order valence-electron chi connectivity index (χ4n) is 6.42. The van der Waals surface area contributed by atoms with Gasteiger partial charge in [-0.05, 0) is 61.8 Å². The number of hydrogen-bond donors (Lipinski definition) is 3. The molecule has 6 atom stereocenters. The molecular formula is C35H49N3O4. The quantitative estimate of drug-likeness (QED) is 0.400. The number of ether oxygens (including phenoxy) is 1. The second kappa shape index (κ2) is 14.9. The van der Waals surface area contributed by atoms with E-state index in [0.29, 0.717) is 26.0 Å². The van der Waals surface area contributed by atoms with Crippen molar-refractivity contribution in [1.29, 1.82) is 0 Å². The van der Waals surface area contributed by atoms with E-state index in [-0.39, 0.29) is 29.9 Å². The summed E-state index contributed by atoms with van der Waals surface area (Å²) < 4.78 is 6.37. The Labute approximate surface area is 251 Å². The highest BCUT2D eigenvalue weighted by Gasteiger charge is 2.35. The summed E-state index contributed by atoms with van der Waals surface area (Å²) in [6.07, 6.45) is 7.43. The Morgan fingerprint density at radius 3 is 2.67 bits per heavy atom. The Bertz CT molecular complexity index is 1230. The Hall–Kier alpha value is -3.00. The fraction of sp³-hybridized carbons (Fsp3) is 0.543. The molecule has 2 amide bonds. The summed E-state index contributed by atoms with van der Waals surface area (Å²) in [7, 11) is 1.72. The van der Waals surface area contributed by atoms with Gasteiger partial charge in [0.15, 0.2) is 0 Å². The molecule has 7 nitrogen and oxygen atoms in total. The summed E-state index contributed by atoms with van der Waals surface area (Å²) in [5.41, 5.74) is 5.90. The summed E-state index contributed by atoms with van der Waals surface area (Å²) in [4.78, 5) is 28.8. The standard InChI is InChI=1S/C35H49N3O4/c1-6-7-13-24(3)35(41)38(5)30-16-11-12-17-42-32-21-28(27-19-23(2)18-25(4)33(27)32)36-22-31(39)29(37-34(30)40)20-26-14-9-8-10-15-26/h8-12,14-15,18-19,24,28-32,36,39H,6-7,13,16-17,20-22H2,1-5H3,(H,37,40)/b12-11+/t24-,28+,29-,30-,31+,32-/m0/s1. The maximum Gasteiger partial charge on any atom is 0.243 e. The molecule has 0 spiro atoms. The van der Waals surface area contributed by atoms with Gasteiger partial charge in [-0.3, -0.25) is 9.59 Å². The molecule has 228 valence electrons. The third kappa shape index (κ3) is 7.88. The van der Waals surface area contributed by atoms with Crippen LogP contribution in [-0.2, 0) is 20.7 Å². The van der Waals surface area contributed by atoms with Crippen LogP contribution in [0.25, 0.3) is 0 Å². The molecule has 2 bridgehead atoms. The van der Waals surface area contributed by atoms with Gasteiger partial charge in [-0.15, -0.1) is 0 Å². The summed E-state index contributed by atoms with van der Waals surface area (Å²) in [6.45, 7) is 9.03. The van der Waals surface area contributed by atoms with Crippen molar-refractivity contribution < 1.29 is 19.4 Å². The molecule has 0 fully saturated rings. The van der Waals surface area contributed by atoms with Crippen molar-refractivity contribution in [3.63, 3.8) is 0 Å². The van der Waals surface area contributed by atoms with Crippen molar-refractivity contribution in [3.8, 4) is 0 Å². The zero-order valence-electron chi connectivity index (χ0n) is 25.9. The topological polar surface area (TPSA) is 90.9 Å². The summed E-state index contributed by atoms with van der Waals surface area (Å²) in [6, 6.07) is 13.1. The van der Waals surface area contributed by atoms with Crippen molar-refractivity contribution in [3.05, 3.63) is 82.4 Å². The highest BCUT2D eigenvalue weighted by Crippen LogP contribution is 2.43. The van der Waals surface area contributed by atoms with Crippen LogP contribution in [0.5, 0.6) is 0 Å². The molecule has 1 aliphatic heterocycles. The molecule has 3 N–H and O–H groups in total. The van der Waals surface area contributed by atoms with Crippen molar-refractivity contribution >= 4 is 11.8 Å². The second-order valence-corrected chi connectivity index (χ2v) is 12.2. The maximum absolute atomic E-state index is 13.8. The minimum Gasteiger partial charge on any atom is -0.390 e. The molecule has 2 aromatic rings. The van der Waals surface area contributed by atoms with Crippen LogP contribution >= 0.6 is 0 Å². The first-order valence-corrected chi connectivity index (χ1v) is 15.6. The van der Waals surface area contributed by atoms with Gasteiger partial charge in [-0.25, -0.2) is 0 Å². The second-order valence-electron chi connectivity index (χ2n) is 12.2. The number of aliphatic hydroxyl groups is 1. The van der Waals surface area contributed by atoms with E-state index in [4.69, 9.17) is 4.74 Å². The first-order chi connectivity index (χ1) is 20.2. The van der Waals surface area contributed by atoms with Gasteiger partial charge in [0.25, 0.3) is 0 Å². The third-order valence-electron chi connectivity index (χ3n) is 8.82. The van der Waals surface area contributed by atoms with E-state index in [1.165, 1.54) is 22.3 Å². The average Bonchev–Trinajstić information content (AvgIpc) is 3.32. The van der Waals surface area contributed by atoms with E-state index >= 15 is 0 Å². The van der Waals surface area contributed by atoms with Gasteiger partial charge in [0.05, 0.1) is 24.9 Å². The molecule has 42 heavy (non-hydrogen) atoms. The number of carbonyl (C=O) groups is 2. The number of aryl methyl sites for hydroxylation is 2. The van der Waals surface area contributed by atoms with E-state index in [9.17, 15) is 14.7 Å². The lowest BCUT2D eigenvalue weighted by Gasteiger charge is -2.32. The predicted molar refractivity (Wildman–Crippen MR) is 167 cm³/mol. The van der Waals surface area contributed by atoms with Gasteiger partial charge in [-0.2, -0.15) is 0 Å². The molecule has 0 saturated carbocycles. The number of nitrogens with one attached hydrogen (secondary N) is 2. The van der Waals surface area contributed by atoms with Gasteiger partial charge in [0.1, 0.15) is 6.04 Å². The largest absolute Gasteiger partial charge is 0.390 e. The van der Waals surface area contributed by atoms with Crippen LogP contribution in [0.4, 0.5) is 0 Å². The van der Waals surface area contributed by atoms with Crippen molar-refractivity contribution in [2.24, 2.45) is 5.92 Å². The van der Waals surface area contributed by atoms with Gasteiger partial charge in [-0.1, -0.05) is 86.9 Å². The summed E-state index contributed by atoms with van der Waals surface area (Å²) in [5.74, 6) is -0.455. The molecule has 0 saturated heterocycles. The Morgan fingerprint density at radius 2 is 1.93 bits per heavy atom. The van der Waals surface area contributed by atoms with Gasteiger partial charge in [0.2, 0.25) is 11.8 Å². The number of carbonyl (C=O) groups excluding carboxylic acids is 2. The normalized spacial score (nSPS) is 26.3. The molecular weight excluding hydrogens is 526 g/mol. The molecule has 0 radical (unpaired) electrons. The van der Waals surface area contributed by atoms with Gasteiger partial charge in [0, 0.05) is 25.6 Å². The Morgan fingerprint density at radius 1 is 1.17 bits per heavy atom. The first kappa shape index (κ1) is 31.9. The number of nitrogens with zero attached hydrogens (tertiary/aromatic N) is 1. The molecule has 2 aliphatic rings. The van der Waals surface area contributed by atoms with Crippen LogP contribution in [0, 0.1) is 19.8 Å². The number of hydrogen-bond acceptors (Lipinski definition) is 5. The van der Waals surface area contributed by atoms with Crippen LogP contribution in [0.2, 0.25) is 0 Å². The fourth-order valence-corrected chi connectivity index (χ4v) is 6.42. The average molecular weight is 576 g/mol. The van der Waals surface area contributed by atoms with E-state index in [2.05, 4.69) is 43.5 Å². The summed E-state index contributed by atoms with van der Waals surface area (Å²) >= 11 is 0. The lowest BCUT2D eigenvalue weighted by atomic mass is 9.98. The lowest BCUT2D eigenvalue weighted by molar-refractivity contribution is -0.142. The minimum absolute atomic E-state index is 0.0346. The number of fused-ring (bicyclic) bond motifs is 5. The number of benzene rings is 2. The molecule has 4 rings (SSSR count). The van der Waals surface area contributed by atoms with E-state index < -0.39 is 18.2 Å². The van der Waals surface area contributed by atoms with Crippen LogP contribution < -0.4 is 10.6 Å². The zero-order chi connectivity index (χ0) is 30.2. The van der Waals surface area contributed by atoms with E-state index in [0.717, 1.165) is 31.2 Å². The number of aliphatic hydroxyl groups excluding tert-OH is 1. The highest BCUT2D eigenvalue weighted by molar-refractivity contribution is 5.88. The molecule has 2 aromatic carbocycles. The zero-order valence-corrected chi connectivity index (χ0v) is 25.9. The predicted octanol–water partition coefficient (Wildman–Crippen LogP) is 5.10. The van der Waals surface area contributed by atoms with E-state index in [1.54, 1.807) is 11.9 Å². The number of amides is 2. The maximum atomic E-state index is 13.8. The van der Waals surface area contributed by atoms with Gasteiger partial charge < -0.3 is 25.4 Å². The number of unbranched alkanes of at least 4 members (excludes halogenated alkanes) is 1. The van der Waals surface area contributed by atoms with Crippen LogP contribution in [0.1, 0.15) is 85.9 Å². The summed E-state index contributed by atoms with van der Waals surface area (Å²) in [5, 5.41) is 18.3. The molecule has 7 heteroatoms. The third-order valence-corrected chi connectivity index (χ3v) is 8.82. The lowest BCUT2D eigenvalue weighted by Crippen LogP contribution is -2.55.